The molecule has 146 valence electrons. The van der Waals surface area contributed by atoms with Crippen LogP contribution in [0.3, 0.4) is 0 Å². The number of hydrogen-bond donors (Lipinski definition) is 1. The summed E-state index contributed by atoms with van der Waals surface area (Å²) in [5.74, 6) is 1.01. The summed E-state index contributed by atoms with van der Waals surface area (Å²) in [6.07, 6.45) is 0. The van der Waals surface area contributed by atoms with Crippen molar-refractivity contribution >= 4 is 33.4 Å². The van der Waals surface area contributed by atoms with Gasteiger partial charge in [-0.2, -0.15) is 4.31 Å². The fourth-order valence-electron chi connectivity index (χ4n) is 2.68. The largest absolute Gasteiger partial charge is 0.325 e. The first kappa shape index (κ1) is 21.5. The first-order valence-corrected chi connectivity index (χ1v) is 11.5. The Morgan fingerprint density at radius 3 is 2.33 bits per heavy atom. The molecule has 1 N–H and O–H groups in total. The van der Waals surface area contributed by atoms with E-state index in [4.69, 9.17) is 0 Å². The topological polar surface area (TPSA) is 66.5 Å². The summed E-state index contributed by atoms with van der Waals surface area (Å²) in [5.41, 5.74) is 2.99. The molecule has 0 heterocycles. The zero-order chi connectivity index (χ0) is 19.9. The number of thioether (sulfide) groups is 1. The Morgan fingerprint density at radius 2 is 1.74 bits per heavy atom. The van der Waals surface area contributed by atoms with Gasteiger partial charge >= 0.3 is 0 Å². The van der Waals surface area contributed by atoms with Gasteiger partial charge in [0.05, 0.1) is 10.6 Å². The molecule has 0 aliphatic rings. The summed E-state index contributed by atoms with van der Waals surface area (Å²) in [6, 6.07) is 14.5. The lowest BCUT2D eigenvalue weighted by molar-refractivity contribution is -0.113. The molecule has 0 atom stereocenters. The number of hydrogen-bond acceptors (Lipinski definition) is 4. The van der Waals surface area contributed by atoms with E-state index in [1.807, 2.05) is 39.0 Å². The van der Waals surface area contributed by atoms with Gasteiger partial charge in [-0.25, -0.2) is 8.42 Å². The number of carbonyl (C=O) groups excluding carboxylic acids is 1. The van der Waals surface area contributed by atoms with Crippen LogP contribution in [-0.2, 0) is 20.6 Å². The minimum Gasteiger partial charge on any atom is -0.325 e. The van der Waals surface area contributed by atoms with E-state index in [1.165, 1.54) is 27.6 Å². The van der Waals surface area contributed by atoms with Gasteiger partial charge < -0.3 is 5.32 Å². The molecule has 0 aliphatic heterocycles. The number of amides is 1. The molecule has 0 radical (unpaired) electrons. The Kier molecular flexibility index (Phi) is 7.89. The van der Waals surface area contributed by atoms with E-state index >= 15 is 0 Å². The Morgan fingerprint density at radius 1 is 1.07 bits per heavy atom. The number of benzene rings is 2. The van der Waals surface area contributed by atoms with E-state index in [-0.39, 0.29) is 10.8 Å². The molecule has 2 rings (SSSR count). The van der Waals surface area contributed by atoms with Gasteiger partial charge in [0.15, 0.2) is 0 Å². The van der Waals surface area contributed by atoms with E-state index < -0.39 is 10.0 Å². The van der Waals surface area contributed by atoms with Crippen LogP contribution in [0.1, 0.15) is 25.0 Å². The van der Waals surface area contributed by atoms with Gasteiger partial charge in [0.25, 0.3) is 0 Å². The third-order valence-corrected chi connectivity index (χ3v) is 7.13. The van der Waals surface area contributed by atoms with Gasteiger partial charge in [-0.05, 0) is 36.8 Å². The molecule has 0 saturated carbocycles. The second-order valence-electron chi connectivity index (χ2n) is 6.14. The summed E-state index contributed by atoms with van der Waals surface area (Å²) < 4.78 is 26.3. The highest BCUT2D eigenvalue weighted by molar-refractivity contribution is 7.99. The maximum absolute atomic E-state index is 12.5. The van der Waals surface area contributed by atoms with Crippen molar-refractivity contribution in [3.05, 3.63) is 59.7 Å². The third-order valence-electron chi connectivity index (χ3n) is 4.07. The van der Waals surface area contributed by atoms with Gasteiger partial charge in [-0.3, -0.25) is 4.79 Å². The summed E-state index contributed by atoms with van der Waals surface area (Å²) in [4.78, 5) is 12.3. The Labute approximate surface area is 166 Å². The zero-order valence-electron chi connectivity index (χ0n) is 15.9. The van der Waals surface area contributed by atoms with Gasteiger partial charge in [0.2, 0.25) is 15.9 Å². The van der Waals surface area contributed by atoms with E-state index in [1.54, 1.807) is 23.9 Å². The number of nitrogens with zero attached hydrogens (tertiary/aromatic N) is 1. The fraction of sp³-hybridized carbons (Fsp3) is 0.350. The summed E-state index contributed by atoms with van der Waals surface area (Å²) in [6.45, 7) is 6.52. The third kappa shape index (κ3) is 6.09. The minimum absolute atomic E-state index is 0.105. The van der Waals surface area contributed by atoms with Crippen LogP contribution in [0.2, 0.25) is 0 Å². The number of carbonyl (C=O) groups is 1. The Balaban J connectivity index is 1.89. The van der Waals surface area contributed by atoms with Crippen molar-refractivity contribution < 1.29 is 13.2 Å². The van der Waals surface area contributed by atoms with Crippen molar-refractivity contribution in [2.24, 2.45) is 0 Å². The maximum atomic E-state index is 12.5. The fourth-order valence-corrected chi connectivity index (χ4v) is 4.92. The average molecular weight is 407 g/mol. The Hall–Kier alpha value is -1.83. The Bertz CT molecular complexity index is 861. The molecule has 27 heavy (non-hydrogen) atoms. The van der Waals surface area contributed by atoms with Gasteiger partial charge in [-0.15, -0.1) is 11.8 Å². The number of sulfonamides is 1. The SMILES string of the molecule is CCN(CC)S(=O)(=O)c1ccc(NC(=O)CSCc2cccc(C)c2)cc1. The molecule has 7 heteroatoms. The van der Waals surface area contributed by atoms with Crippen molar-refractivity contribution in [1.29, 1.82) is 0 Å². The van der Waals surface area contributed by atoms with Crippen LogP contribution in [0.25, 0.3) is 0 Å². The lowest BCUT2D eigenvalue weighted by atomic mass is 10.2. The van der Waals surface area contributed by atoms with Gasteiger partial charge in [-0.1, -0.05) is 43.7 Å². The van der Waals surface area contributed by atoms with Gasteiger partial charge in [0, 0.05) is 24.5 Å². The molecular formula is C20H26N2O3S2. The number of aryl methyl sites for hydroxylation is 1. The van der Waals surface area contributed by atoms with Crippen LogP contribution < -0.4 is 5.32 Å². The van der Waals surface area contributed by atoms with Gasteiger partial charge in [0.1, 0.15) is 0 Å². The van der Waals surface area contributed by atoms with Crippen LogP contribution in [0.4, 0.5) is 5.69 Å². The molecule has 0 unspecified atom stereocenters. The normalized spacial score (nSPS) is 11.6. The van der Waals surface area contributed by atoms with Crippen LogP contribution in [-0.4, -0.2) is 37.5 Å². The molecule has 0 aromatic heterocycles. The lowest BCUT2D eigenvalue weighted by Gasteiger charge is -2.18. The predicted octanol–water partition coefficient (Wildman–Crippen LogP) is 3.90. The molecule has 1 amide bonds. The van der Waals surface area contributed by atoms with Crippen molar-refractivity contribution in [2.75, 3.05) is 24.2 Å². The van der Waals surface area contributed by atoms with E-state index in [0.717, 1.165) is 5.75 Å². The number of rotatable bonds is 9. The minimum atomic E-state index is -3.48. The molecule has 0 aliphatic carbocycles. The molecule has 5 nitrogen and oxygen atoms in total. The summed E-state index contributed by atoms with van der Waals surface area (Å²) in [7, 11) is -3.48. The first-order chi connectivity index (χ1) is 12.9. The summed E-state index contributed by atoms with van der Waals surface area (Å²) >= 11 is 1.55. The monoisotopic (exact) mass is 406 g/mol. The highest BCUT2D eigenvalue weighted by atomic mass is 32.2. The molecule has 0 fully saturated rings. The van der Waals surface area contributed by atoms with Crippen LogP contribution in [0, 0.1) is 6.92 Å². The van der Waals surface area contributed by atoms with Crippen LogP contribution in [0.5, 0.6) is 0 Å². The number of nitrogens with one attached hydrogen (secondary N) is 1. The second kappa shape index (κ2) is 9.92. The lowest BCUT2D eigenvalue weighted by Crippen LogP contribution is -2.30. The number of anilines is 1. The predicted molar refractivity (Wildman–Crippen MR) is 113 cm³/mol. The highest BCUT2D eigenvalue weighted by Gasteiger charge is 2.21. The second-order valence-corrected chi connectivity index (χ2v) is 9.07. The first-order valence-electron chi connectivity index (χ1n) is 8.90. The van der Waals surface area contributed by atoms with Crippen molar-refractivity contribution in [2.45, 2.75) is 31.4 Å². The quantitative estimate of drug-likeness (QED) is 0.686. The standard InChI is InChI=1S/C20H26N2O3S2/c1-4-22(5-2)27(24,25)19-11-9-18(10-12-19)21-20(23)15-26-14-17-8-6-7-16(3)13-17/h6-13H,4-5,14-15H2,1-3H3,(H,21,23). The molecule has 2 aromatic rings. The van der Waals surface area contributed by atoms with E-state index in [9.17, 15) is 13.2 Å². The molecule has 0 bridgehead atoms. The van der Waals surface area contributed by atoms with E-state index in [0.29, 0.717) is 24.5 Å². The highest BCUT2D eigenvalue weighted by Crippen LogP contribution is 2.19. The smallest absolute Gasteiger partial charge is 0.243 e. The summed E-state index contributed by atoms with van der Waals surface area (Å²) in [5, 5.41) is 2.81. The van der Waals surface area contributed by atoms with E-state index in [2.05, 4.69) is 11.4 Å². The average Bonchev–Trinajstić information content (AvgIpc) is 2.63. The van der Waals surface area contributed by atoms with Crippen molar-refractivity contribution in [3.63, 3.8) is 0 Å². The zero-order valence-corrected chi connectivity index (χ0v) is 17.6. The molecule has 0 saturated heterocycles. The van der Waals surface area contributed by atoms with Crippen molar-refractivity contribution in [1.82, 2.24) is 4.31 Å². The molecule has 2 aromatic carbocycles. The van der Waals surface area contributed by atoms with Crippen molar-refractivity contribution in [3.8, 4) is 0 Å². The maximum Gasteiger partial charge on any atom is 0.243 e. The molecular weight excluding hydrogens is 380 g/mol. The van der Waals surface area contributed by atoms with Crippen LogP contribution in [0.15, 0.2) is 53.4 Å². The molecule has 0 spiro atoms. The van der Waals surface area contributed by atoms with Crippen LogP contribution >= 0.6 is 11.8 Å².